The van der Waals surface area contributed by atoms with Crippen LogP contribution in [0.1, 0.15) is 31.2 Å². The number of alkyl halides is 3. The minimum atomic E-state index is -5.08. The van der Waals surface area contributed by atoms with Gasteiger partial charge in [0.05, 0.1) is 18.6 Å². The number of amides is 1. The zero-order valence-electron chi connectivity index (χ0n) is 16.6. The monoisotopic (exact) mass is 432 g/mol. The second kappa shape index (κ2) is 9.82. The summed E-state index contributed by atoms with van der Waals surface area (Å²) in [5.41, 5.74) is 1.20. The molecule has 3 heterocycles. The van der Waals surface area contributed by atoms with Gasteiger partial charge in [0, 0.05) is 50.2 Å². The van der Waals surface area contributed by atoms with E-state index in [1.807, 2.05) is 12.3 Å². The Bertz CT molecular complexity index is 706. The highest BCUT2D eigenvalue weighted by molar-refractivity contribution is 5.79. The number of carbonyl (C=O) groups excluding carboxylic acids is 1. The molecule has 1 aromatic rings. The third-order valence-electron chi connectivity index (χ3n) is 5.78. The van der Waals surface area contributed by atoms with Gasteiger partial charge < -0.3 is 19.6 Å². The number of furan rings is 1. The number of hydrogen-bond donors (Lipinski definition) is 2. The summed E-state index contributed by atoms with van der Waals surface area (Å²) in [6.45, 7) is 4.47. The molecule has 10 heteroatoms. The summed E-state index contributed by atoms with van der Waals surface area (Å²) in [6, 6.07) is 2.02. The summed E-state index contributed by atoms with van der Waals surface area (Å²) in [6.07, 6.45) is 3.13. The summed E-state index contributed by atoms with van der Waals surface area (Å²) in [5, 5.41) is 10.3. The maximum Gasteiger partial charge on any atom is 0.490 e. The van der Waals surface area contributed by atoms with Crippen LogP contribution in [-0.4, -0.2) is 60.4 Å². The van der Waals surface area contributed by atoms with Crippen molar-refractivity contribution in [3.05, 3.63) is 24.2 Å². The van der Waals surface area contributed by atoms with Crippen molar-refractivity contribution in [3.63, 3.8) is 0 Å². The molecule has 7 nitrogen and oxygen atoms in total. The number of fused-ring (bicyclic) bond motifs is 1. The van der Waals surface area contributed by atoms with E-state index in [1.54, 1.807) is 6.26 Å². The lowest BCUT2D eigenvalue weighted by atomic mass is 9.79. The van der Waals surface area contributed by atoms with E-state index < -0.39 is 12.1 Å². The number of piperidine rings is 1. The van der Waals surface area contributed by atoms with Gasteiger partial charge in [-0.15, -0.1) is 0 Å². The Kier molecular flexibility index (Phi) is 7.41. The molecule has 2 N–H and O–H groups in total. The van der Waals surface area contributed by atoms with Crippen LogP contribution < -0.4 is 5.32 Å². The summed E-state index contributed by atoms with van der Waals surface area (Å²) >= 11 is 0. The number of nitrogens with one attached hydrogen (secondary N) is 1. The van der Waals surface area contributed by atoms with Crippen molar-refractivity contribution < 1.29 is 37.0 Å². The summed E-state index contributed by atoms with van der Waals surface area (Å²) < 4.78 is 42.9. The van der Waals surface area contributed by atoms with Crippen molar-refractivity contribution in [1.29, 1.82) is 0 Å². The van der Waals surface area contributed by atoms with Crippen molar-refractivity contribution in [2.75, 3.05) is 26.2 Å². The Balaban J connectivity index is 0.000000318. The number of ether oxygens (including phenoxy) is 1. The lowest BCUT2D eigenvalue weighted by Gasteiger charge is -2.44. The topological polar surface area (TPSA) is 92.0 Å². The van der Waals surface area contributed by atoms with Crippen LogP contribution in [0.5, 0.6) is 0 Å². The van der Waals surface area contributed by atoms with Gasteiger partial charge in [-0.3, -0.25) is 9.69 Å². The number of nitrogens with zero attached hydrogens (tertiary/aromatic N) is 1. The largest absolute Gasteiger partial charge is 0.490 e. The van der Waals surface area contributed by atoms with E-state index in [4.69, 9.17) is 19.1 Å². The van der Waals surface area contributed by atoms with E-state index in [0.717, 1.165) is 51.5 Å². The number of carboxylic acid groups (broad SMARTS) is 1. The SMILES string of the molecule is O=C(NCC1CC1)[C@@H]1CCO[C@@H]2CCN(Cc3ccoc3)C[C@H]21.O=C(O)C(F)(F)F. The maximum atomic E-state index is 12.6. The van der Waals surface area contributed by atoms with E-state index in [9.17, 15) is 18.0 Å². The lowest BCUT2D eigenvalue weighted by Crippen LogP contribution is -2.53. The molecule has 0 spiro atoms. The highest BCUT2D eigenvalue weighted by Gasteiger charge is 2.42. The number of hydrogen-bond acceptors (Lipinski definition) is 5. The Labute approximate surface area is 172 Å². The van der Waals surface area contributed by atoms with Gasteiger partial charge in [-0.1, -0.05) is 0 Å². The Morgan fingerprint density at radius 3 is 2.57 bits per heavy atom. The van der Waals surface area contributed by atoms with Crippen LogP contribution in [0, 0.1) is 17.8 Å². The third-order valence-corrected chi connectivity index (χ3v) is 5.78. The quantitative estimate of drug-likeness (QED) is 0.743. The van der Waals surface area contributed by atoms with E-state index in [0.29, 0.717) is 5.92 Å². The van der Waals surface area contributed by atoms with Crippen molar-refractivity contribution in [1.82, 2.24) is 10.2 Å². The number of aliphatic carboxylic acids is 1. The average molecular weight is 432 g/mol. The number of likely N-dealkylation sites (tertiary alicyclic amines) is 1. The van der Waals surface area contributed by atoms with Crippen LogP contribution in [0.4, 0.5) is 13.2 Å². The van der Waals surface area contributed by atoms with Gasteiger partial charge in [0.1, 0.15) is 0 Å². The van der Waals surface area contributed by atoms with Crippen LogP contribution in [0.3, 0.4) is 0 Å². The van der Waals surface area contributed by atoms with Gasteiger partial charge in [-0.25, -0.2) is 4.79 Å². The fraction of sp³-hybridized carbons (Fsp3) is 0.700. The molecule has 168 valence electrons. The van der Waals surface area contributed by atoms with E-state index in [-0.39, 0.29) is 17.9 Å². The molecule has 0 radical (unpaired) electrons. The Hall–Kier alpha value is -2.07. The molecule has 4 rings (SSSR count). The van der Waals surface area contributed by atoms with Gasteiger partial charge in [-0.2, -0.15) is 13.2 Å². The van der Waals surface area contributed by atoms with Crippen molar-refractivity contribution >= 4 is 11.9 Å². The highest BCUT2D eigenvalue weighted by atomic mass is 19.4. The molecule has 30 heavy (non-hydrogen) atoms. The minimum absolute atomic E-state index is 0.111. The van der Waals surface area contributed by atoms with Crippen LogP contribution in [0.2, 0.25) is 0 Å². The predicted octanol–water partition coefficient (Wildman–Crippen LogP) is 2.67. The molecule has 1 aromatic heterocycles. The second-order valence-corrected chi connectivity index (χ2v) is 8.12. The van der Waals surface area contributed by atoms with Gasteiger partial charge in [0.2, 0.25) is 5.91 Å². The predicted molar refractivity (Wildman–Crippen MR) is 99.4 cm³/mol. The number of halogens is 3. The standard InChI is InChI=1S/C18H26N2O3.C2HF3O2/c21-18(19-9-13-1-2-13)15-5-8-23-17-3-6-20(11-16(15)17)10-14-4-7-22-12-14;3-2(4,5)1(6)7/h4,7,12-13,15-17H,1-3,5-6,8-11H2,(H,19,21);(H,6,7)/t15-,16+,17-;/m1./s1. The molecule has 3 aliphatic rings. The van der Waals surface area contributed by atoms with Crippen LogP contribution in [0.25, 0.3) is 0 Å². The first-order chi connectivity index (χ1) is 14.2. The molecule has 0 aromatic carbocycles. The van der Waals surface area contributed by atoms with E-state index in [1.165, 1.54) is 18.4 Å². The molecule has 1 saturated carbocycles. The number of carboxylic acids is 1. The van der Waals surface area contributed by atoms with Crippen molar-refractivity contribution in [3.8, 4) is 0 Å². The van der Waals surface area contributed by atoms with Crippen molar-refractivity contribution in [2.45, 2.75) is 44.5 Å². The zero-order chi connectivity index (χ0) is 21.7. The van der Waals surface area contributed by atoms with E-state index >= 15 is 0 Å². The van der Waals surface area contributed by atoms with Crippen LogP contribution in [-0.2, 0) is 20.9 Å². The van der Waals surface area contributed by atoms with Gasteiger partial charge in [0.25, 0.3) is 0 Å². The van der Waals surface area contributed by atoms with Gasteiger partial charge in [-0.05, 0) is 37.7 Å². The highest BCUT2D eigenvalue weighted by Crippen LogP contribution is 2.34. The molecule has 2 aliphatic heterocycles. The maximum absolute atomic E-state index is 12.6. The summed E-state index contributed by atoms with van der Waals surface area (Å²) in [5.74, 6) is -1.34. The molecule has 2 saturated heterocycles. The van der Waals surface area contributed by atoms with E-state index in [2.05, 4.69) is 10.2 Å². The first kappa shape index (κ1) is 22.6. The molecular formula is C20H27F3N2O5. The number of rotatable bonds is 5. The average Bonchev–Trinajstić information content (AvgIpc) is 3.40. The van der Waals surface area contributed by atoms with Crippen LogP contribution >= 0.6 is 0 Å². The van der Waals surface area contributed by atoms with Crippen LogP contribution in [0.15, 0.2) is 23.0 Å². The molecule has 1 aliphatic carbocycles. The second-order valence-electron chi connectivity index (χ2n) is 8.12. The minimum Gasteiger partial charge on any atom is -0.475 e. The summed E-state index contributed by atoms with van der Waals surface area (Å²) in [4.78, 5) is 23.9. The molecule has 0 bridgehead atoms. The summed E-state index contributed by atoms with van der Waals surface area (Å²) in [7, 11) is 0. The zero-order valence-corrected chi connectivity index (χ0v) is 16.6. The number of carbonyl (C=O) groups is 2. The molecule has 3 atom stereocenters. The molecular weight excluding hydrogens is 405 g/mol. The first-order valence-electron chi connectivity index (χ1n) is 10.2. The van der Waals surface area contributed by atoms with Gasteiger partial charge >= 0.3 is 12.1 Å². The normalized spacial score (nSPS) is 26.8. The fourth-order valence-corrected chi connectivity index (χ4v) is 3.99. The lowest BCUT2D eigenvalue weighted by molar-refractivity contribution is -0.192. The third kappa shape index (κ3) is 6.46. The molecule has 0 unspecified atom stereocenters. The van der Waals surface area contributed by atoms with Crippen molar-refractivity contribution in [2.24, 2.45) is 17.8 Å². The Morgan fingerprint density at radius 2 is 1.97 bits per heavy atom. The van der Waals surface area contributed by atoms with Gasteiger partial charge in [0.15, 0.2) is 0 Å². The molecule has 1 amide bonds. The Morgan fingerprint density at radius 1 is 1.23 bits per heavy atom. The first-order valence-corrected chi connectivity index (χ1v) is 10.2. The fourth-order valence-electron chi connectivity index (χ4n) is 3.99. The smallest absolute Gasteiger partial charge is 0.475 e. The molecule has 3 fully saturated rings.